The molecule has 3 rings (SSSR count). The van der Waals surface area contributed by atoms with Gasteiger partial charge in [0.25, 0.3) is 0 Å². The van der Waals surface area contributed by atoms with Crippen LogP contribution in [-0.4, -0.2) is 36.2 Å². The Kier molecular flexibility index (Phi) is 4.41. The van der Waals surface area contributed by atoms with E-state index in [1.807, 2.05) is 13.1 Å². The molecule has 7 nitrogen and oxygen atoms in total. The van der Waals surface area contributed by atoms with Crippen LogP contribution in [0.25, 0.3) is 0 Å². The highest BCUT2D eigenvalue weighted by Gasteiger charge is 2.31. The number of nitrogens with zero attached hydrogens (tertiary/aromatic N) is 4. The molecule has 1 aliphatic rings. The number of ether oxygens (including phenoxy) is 1. The van der Waals surface area contributed by atoms with Crippen LogP contribution in [0.4, 0.5) is 0 Å². The summed E-state index contributed by atoms with van der Waals surface area (Å²) in [6.07, 6.45) is 0.609. The summed E-state index contributed by atoms with van der Waals surface area (Å²) in [7, 11) is -0.150. The minimum Gasteiger partial charge on any atom is -0.378 e. The lowest BCUT2D eigenvalue weighted by atomic mass is 10.1. The molecule has 2 heterocycles. The SMILES string of the molecule is COCc1nn(C)c2c1CN(S(=O)(=O)c1ccc(C#N)cc1)CC2. The third-order valence-corrected chi connectivity index (χ3v) is 6.05. The summed E-state index contributed by atoms with van der Waals surface area (Å²) in [6.45, 7) is 1.04. The van der Waals surface area contributed by atoms with Crippen LogP contribution in [-0.2, 0) is 41.4 Å². The van der Waals surface area contributed by atoms with Crippen molar-refractivity contribution in [3.05, 3.63) is 46.8 Å². The number of rotatable bonds is 4. The summed E-state index contributed by atoms with van der Waals surface area (Å²) in [4.78, 5) is 0.196. The average molecular weight is 346 g/mol. The van der Waals surface area contributed by atoms with Crippen LogP contribution in [0.2, 0.25) is 0 Å². The molecule has 1 aromatic heterocycles. The standard InChI is InChI=1S/C16H18N4O3S/c1-19-16-7-8-20(10-14(16)15(18-19)11-23-2)24(21,22)13-5-3-12(9-17)4-6-13/h3-6H,7-8,10-11H2,1-2H3. The second-order valence-corrected chi connectivity index (χ2v) is 7.59. The van der Waals surface area contributed by atoms with Crippen LogP contribution < -0.4 is 0 Å². The van der Waals surface area contributed by atoms with Gasteiger partial charge in [0, 0.05) is 44.9 Å². The van der Waals surface area contributed by atoms with Crippen LogP contribution >= 0.6 is 0 Å². The molecule has 1 aromatic carbocycles. The summed E-state index contributed by atoms with van der Waals surface area (Å²) in [6, 6.07) is 7.97. The first-order valence-electron chi connectivity index (χ1n) is 7.50. The summed E-state index contributed by atoms with van der Waals surface area (Å²) < 4.78 is 34.1. The predicted molar refractivity (Wildman–Crippen MR) is 86.4 cm³/mol. The van der Waals surface area contributed by atoms with Gasteiger partial charge >= 0.3 is 0 Å². The Morgan fingerprint density at radius 2 is 2.04 bits per heavy atom. The van der Waals surface area contributed by atoms with Gasteiger partial charge in [-0.2, -0.15) is 14.7 Å². The molecule has 0 aliphatic carbocycles. The molecule has 8 heteroatoms. The van der Waals surface area contributed by atoms with Crippen molar-refractivity contribution < 1.29 is 13.2 Å². The average Bonchev–Trinajstić information content (AvgIpc) is 2.91. The smallest absolute Gasteiger partial charge is 0.243 e. The first kappa shape index (κ1) is 16.6. The molecule has 0 unspecified atom stereocenters. The fraction of sp³-hybridized carbons (Fsp3) is 0.375. The molecule has 1 aliphatic heterocycles. The summed E-state index contributed by atoms with van der Waals surface area (Å²) in [5.74, 6) is 0. The molecular formula is C16H18N4O3S. The first-order valence-corrected chi connectivity index (χ1v) is 8.94. The molecule has 0 fully saturated rings. The van der Waals surface area contributed by atoms with Crippen molar-refractivity contribution in [2.75, 3.05) is 13.7 Å². The Hall–Kier alpha value is -2.21. The highest BCUT2D eigenvalue weighted by molar-refractivity contribution is 7.89. The van der Waals surface area contributed by atoms with Crippen molar-refractivity contribution >= 4 is 10.0 Å². The van der Waals surface area contributed by atoms with Crippen LogP contribution in [0.5, 0.6) is 0 Å². The zero-order chi connectivity index (χ0) is 17.3. The van der Waals surface area contributed by atoms with Gasteiger partial charge in [-0.25, -0.2) is 8.42 Å². The molecule has 0 saturated carbocycles. The largest absolute Gasteiger partial charge is 0.378 e. The number of hydrogen-bond donors (Lipinski definition) is 0. The Morgan fingerprint density at radius 3 is 2.67 bits per heavy atom. The lowest BCUT2D eigenvalue weighted by Crippen LogP contribution is -2.36. The maximum absolute atomic E-state index is 12.9. The molecule has 126 valence electrons. The number of methoxy groups -OCH3 is 1. The fourth-order valence-electron chi connectivity index (χ4n) is 2.95. The van der Waals surface area contributed by atoms with E-state index in [4.69, 9.17) is 10.00 Å². The molecule has 2 aromatic rings. The predicted octanol–water partition coefficient (Wildman–Crippen LogP) is 1.19. The number of nitriles is 1. The van der Waals surface area contributed by atoms with E-state index >= 15 is 0 Å². The minimum atomic E-state index is -3.61. The van der Waals surface area contributed by atoms with E-state index in [0.717, 1.165) is 17.0 Å². The van der Waals surface area contributed by atoms with E-state index in [0.29, 0.717) is 25.1 Å². The van der Waals surface area contributed by atoms with Gasteiger partial charge in [-0.15, -0.1) is 0 Å². The third-order valence-electron chi connectivity index (χ3n) is 4.19. The zero-order valence-corrected chi connectivity index (χ0v) is 14.4. The molecule has 0 N–H and O–H groups in total. The molecule has 24 heavy (non-hydrogen) atoms. The molecule has 0 bridgehead atoms. The molecule has 0 amide bonds. The van der Waals surface area contributed by atoms with Crippen molar-refractivity contribution in [2.24, 2.45) is 7.05 Å². The molecular weight excluding hydrogens is 328 g/mol. The third kappa shape index (κ3) is 2.82. The van der Waals surface area contributed by atoms with Gasteiger partial charge in [0.05, 0.1) is 28.8 Å². The van der Waals surface area contributed by atoms with Crippen molar-refractivity contribution in [3.63, 3.8) is 0 Å². The van der Waals surface area contributed by atoms with Gasteiger partial charge in [-0.05, 0) is 24.3 Å². The van der Waals surface area contributed by atoms with Gasteiger partial charge in [0.15, 0.2) is 0 Å². The maximum Gasteiger partial charge on any atom is 0.243 e. The van der Waals surface area contributed by atoms with E-state index in [9.17, 15) is 8.42 Å². The van der Waals surface area contributed by atoms with Crippen molar-refractivity contribution in [1.29, 1.82) is 5.26 Å². The molecule has 0 radical (unpaired) electrons. The molecule has 0 saturated heterocycles. The topological polar surface area (TPSA) is 88.2 Å². The number of aryl methyl sites for hydroxylation is 1. The number of fused-ring (bicyclic) bond motifs is 1. The first-order chi connectivity index (χ1) is 11.5. The van der Waals surface area contributed by atoms with Crippen molar-refractivity contribution in [3.8, 4) is 6.07 Å². The summed E-state index contributed by atoms with van der Waals surface area (Å²) >= 11 is 0. The monoisotopic (exact) mass is 346 g/mol. The molecule has 0 atom stereocenters. The van der Waals surface area contributed by atoms with Crippen molar-refractivity contribution in [2.45, 2.75) is 24.5 Å². The second kappa shape index (κ2) is 6.36. The van der Waals surface area contributed by atoms with Crippen molar-refractivity contribution in [1.82, 2.24) is 14.1 Å². The Labute approximate surface area is 141 Å². The zero-order valence-electron chi connectivity index (χ0n) is 13.6. The van der Waals surface area contributed by atoms with E-state index in [2.05, 4.69) is 5.10 Å². The van der Waals surface area contributed by atoms with Gasteiger partial charge in [-0.1, -0.05) is 0 Å². The van der Waals surface area contributed by atoms with E-state index in [1.54, 1.807) is 11.8 Å². The van der Waals surface area contributed by atoms with Gasteiger partial charge in [0.1, 0.15) is 0 Å². The van der Waals surface area contributed by atoms with Crippen LogP contribution in [0, 0.1) is 11.3 Å². The van der Waals surface area contributed by atoms with Gasteiger partial charge in [-0.3, -0.25) is 4.68 Å². The molecule has 0 spiro atoms. The second-order valence-electron chi connectivity index (χ2n) is 5.65. The number of aromatic nitrogens is 2. The van der Waals surface area contributed by atoms with E-state index in [1.165, 1.54) is 28.6 Å². The van der Waals surface area contributed by atoms with Gasteiger partial charge in [0.2, 0.25) is 10.0 Å². The maximum atomic E-state index is 12.9. The normalized spacial score (nSPS) is 15.0. The summed E-state index contributed by atoms with van der Waals surface area (Å²) in [5.41, 5.74) is 3.18. The number of sulfonamides is 1. The lowest BCUT2D eigenvalue weighted by Gasteiger charge is -2.27. The lowest BCUT2D eigenvalue weighted by molar-refractivity contribution is 0.179. The summed E-state index contributed by atoms with van der Waals surface area (Å²) in [5, 5.41) is 13.3. The van der Waals surface area contributed by atoms with Crippen LogP contribution in [0.3, 0.4) is 0 Å². The quantitative estimate of drug-likeness (QED) is 0.829. The van der Waals surface area contributed by atoms with Gasteiger partial charge < -0.3 is 4.74 Å². The highest BCUT2D eigenvalue weighted by Crippen LogP contribution is 2.27. The van der Waals surface area contributed by atoms with E-state index in [-0.39, 0.29) is 11.4 Å². The Bertz CT molecular complexity index is 895. The number of benzene rings is 1. The van der Waals surface area contributed by atoms with Crippen LogP contribution in [0.1, 0.15) is 22.5 Å². The minimum absolute atomic E-state index is 0.196. The van der Waals surface area contributed by atoms with Crippen LogP contribution in [0.15, 0.2) is 29.2 Å². The number of hydrogen-bond acceptors (Lipinski definition) is 5. The highest BCUT2D eigenvalue weighted by atomic mass is 32.2. The Morgan fingerprint density at radius 1 is 1.33 bits per heavy atom. The Balaban J connectivity index is 1.92. The van der Waals surface area contributed by atoms with E-state index < -0.39 is 10.0 Å². The fourth-order valence-corrected chi connectivity index (χ4v) is 4.36.